The van der Waals surface area contributed by atoms with Crippen LogP contribution in [-0.2, 0) is 21.4 Å². The average molecular weight is 443 g/mol. The Bertz CT molecular complexity index is 1030. The van der Waals surface area contributed by atoms with E-state index in [9.17, 15) is 18.0 Å². The third kappa shape index (κ3) is 5.99. The minimum atomic E-state index is -3.71. The van der Waals surface area contributed by atoms with E-state index < -0.39 is 10.0 Å². The fraction of sp³-hybridized carbons (Fsp3) is 0.318. The molecule has 1 saturated heterocycles. The summed E-state index contributed by atoms with van der Waals surface area (Å²) in [6.07, 6.45) is 5.96. The van der Waals surface area contributed by atoms with Crippen LogP contribution in [0.2, 0.25) is 0 Å². The number of hydrogen-bond acceptors (Lipinski definition) is 5. The maximum Gasteiger partial charge on any atom is 0.253 e. The Morgan fingerprint density at radius 2 is 1.97 bits per heavy atom. The molecule has 3 rings (SSSR count). The molecule has 0 saturated carbocycles. The molecule has 0 bridgehead atoms. The number of pyridine rings is 1. The van der Waals surface area contributed by atoms with Crippen molar-refractivity contribution in [2.24, 2.45) is 5.92 Å². The normalized spacial score (nSPS) is 14.8. The van der Waals surface area contributed by atoms with Crippen LogP contribution in [0.5, 0.6) is 0 Å². The summed E-state index contributed by atoms with van der Waals surface area (Å²) >= 11 is 0. The van der Waals surface area contributed by atoms with Crippen LogP contribution in [0.3, 0.4) is 0 Å². The van der Waals surface area contributed by atoms with Gasteiger partial charge in [-0.05, 0) is 42.7 Å². The Labute approximate surface area is 182 Å². The van der Waals surface area contributed by atoms with Gasteiger partial charge in [0, 0.05) is 50.1 Å². The van der Waals surface area contributed by atoms with Crippen LogP contribution in [-0.4, -0.2) is 49.8 Å². The molecule has 2 heterocycles. The van der Waals surface area contributed by atoms with Gasteiger partial charge >= 0.3 is 0 Å². The summed E-state index contributed by atoms with van der Waals surface area (Å²) in [5.74, 6) is -0.428. The van der Waals surface area contributed by atoms with Crippen molar-refractivity contribution in [3.63, 3.8) is 0 Å². The molecule has 8 nitrogen and oxygen atoms in total. The second-order valence-electron chi connectivity index (χ2n) is 7.31. The van der Waals surface area contributed by atoms with E-state index in [-0.39, 0.29) is 29.2 Å². The number of sulfonamides is 1. The molecule has 0 unspecified atom stereocenters. The van der Waals surface area contributed by atoms with E-state index in [4.69, 9.17) is 0 Å². The Balaban J connectivity index is 1.56. The molecule has 0 aliphatic carbocycles. The number of nitrogens with one attached hydrogen (secondary N) is 2. The predicted molar refractivity (Wildman–Crippen MR) is 117 cm³/mol. The van der Waals surface area contributed by atoms with E-state index >= 15 is 0 Å². The summed E-state index contributed by atoms with van der Waals surface area (Å²) in [4.78, 5) is 31.0. The van der Waals surface area contributed by atoms with Gasteiger partial charge in [0.15, 0.2) is 0 Å². The molecule has 1 aliphatic rings. The zero-order valence-corrected chi connectivity index (χ0v) is 18.0. The van der Waals surface area contributed by atoms with Gasteiger partial charge in [0.1, 0.15) is 0 Å². The van der Waals surface area contributed by atoms with Gasteiger partial charge in [0.05, 0.1) is 4.90 Å². The van der Waals surface area contributed by atoms with Gasteiger partial charge in [-0.3, -0.25) is 14.6 Å². The number of piperidine rings is 1. The van der Waals surface area contributed by atoms with Crippen LogP contribution in [0.15, 0.2) is 66.3 Å². The molecular weight excluding hydrogens is 416 g/mol. The van der Waals surface area contributed by atoms with Crippen molar-refractivity contribution in [2.75, 3.05) is 19.6 Å². The molecule has 164 valence electrons. The fourth-order valence-corrected chi connectivity index (χ4v) is 4.46. The number of likely N-dealkylation sites (tertiary alicyclic amines) is 1. The van der Waals surface area contributed by atoms with Crippen molar-refractivity contribution < 1.29 is 18.0 Å². The maximum absolute atomic E-state index is 12.9. The highest BCUT2D eigenvalue weighted by Gasteiger charge is 2.28. The highest BCUT2D eigenvalue weighted by molar-refractivity contribution is 7.89. The van der Waals surface area contributed by atoms with Crippen molar-refractivity contribution in [3.8, 4) is 0 Å². The number of hydrogen-bond donors (Lipinski definition) is 2. The van der Waals surface area contributed by atoms with Crippen molar-refractivity contribution in [2.45, 2.75) is 24.3 Å². The van der Waals surface area contributed by atoms with Gasteiger partial charge in [0.2, 0.25) is 15.9 Å². The molecule has 1 fully saturated rings. The monoisotopic (exact) mass is 442 g/mol. The van der Waals surface area contributed by atoms with Gasteiger partial charge in [-0.25, -0.2) is 13.1 Å². The van der Waals surface area contributed by atoms with E-state index in [1.807, 2.05) is 12.1 Å². The Kier molecular flexibility index (Phi) is 7.54. The lowest BCUT2D eigenvalue weighted by atomic mass is 9.95. The number of aromatic nitrogens is 1. The first-order valence-corrected chi connectivity index (χ1v) is 11.6. The molecule has 1 aromatic carbocycles. The van der Waals surface area contributed by atoms with Crippen LogP contribution in [0.25, 0.3) is 0 Å². The van der Waals surface area contributed by atoms with Crippen molar-refractivity contribution in [1.82, 2.24) is 19.9 Å². The van der Waals surface area contributed by atoms with Gasteiger partial charge in [-0.15, -0.1) is 6.58 Å². The lowest BCUT2D eigenvalue weighted by Crippen LogP contribution is -2.43. The first kappa shape index (κ1) is 22.6. The van der Waals surface area contributed by atoms with E-state index in [0.717, 1.165) is 5.56 Å². The van der Waals surface area contributed by atoms with E-state index in [1.54, 1.807) is 29.4 Å². The number of nitrogens with zero attached hydrogens (tertiary/aromatic N) is 2. The first-order chi connectivity index (χ1) is 14.9. The summed E-state index contributed by atoms with van der Waals surface area (Å²) in [6.45, 7) is 4.90. The molecule has 1 aromatic heterocycles. The Morgan fingerprint density at radius 3 is 2.65 bits per heavy atom. The molecule has 0 atom stereocenters. The van der Waals surface area contributed by atoms with Gasteiger partial charge in [-0.2, -0.15) is 0 Å². The lowest BCUT2D eigenvalue weighted by molar-refractivity contribution is -0.126. The highest BCUT2D eigenvalue weighted by atomic mass is 32.2. The molecule has 2 amide bonds. The maximum atomic E-state index is 12.9. The minimum Gasteiger partial charge on any atom is -0.352 e. The van der Waals surface area contributed by atoms with E-state index in [1.165, 1.54) is 18.2 Å². The summed E-state index contributed by atoms with van der Waals surface area (Å²) in [5.41, 5.74) is 1.24. The summed E-state index contributed by atoms with van der Waals surface area (Å²) in [5, 5.41) is 2.92. The standard InChI is InChI=1S/C22H26N4O4S/c1-2-10-25-31(29,30)20-7-3-6-19(14-20)22(28)26-12-8-18(9-13-26)21(27)24-16-17-5-4-11-23-15-17/h2-7,11,14-15,18,25H,1,8-10,12-13,16H2,(H,24,27). The number of carbonyl (C=O) groups excluding carboxylic acids is 2. The third-order valence-corrected chi connectivity index (χ3v) is 6.57. The number of carbonyl (C=O) groups is 2. The lowest BCUT2D eigenvalue weighted by Gasteiger charge is -2.31. The van der Waals surface area contributed by atoms with Crippen molar-refractivity contribution >= 4 is 21.8 Å². The number of benzene rings is 1. The molecule has 9 heteroatoms. The topological polar surface area (TPSA) is 108 Å². The largest absolute Gasteiger partial charge is 0.352 e. The van der Waals surface area contributed by atoms with Gasteiger partial charge in [-0.1, -0.05) is 18.2 Å². The smallest absolute Gasteiger partial charge is 0.253 e. The number of amides is 2. The molecule has 0 spiro atoms. The van der Waals surface area contributed by atoms with E-state index in [0.29, 0.717) is 38.0 Å². The minimum absolute atomic E-state index is 0.0302. The quantitative estimate of drug-likeness (QED) is 0.605. The summed E-state index contributed by atoms with van der Waals surface area (Å²) < 4.78 is 27.0. The molecule has 2 aromatic rings. The number of rotatable bonds is 8. The predicted octanol–water partition coefficient (Wildman–Crippen LogP) is 1.71. The van der Waals surface area contributed by atoms with Crippen LogP contribution in [0.4, 0.5) is 0 Å². The summed E-state index contributed by atoms with van der Waals surface area (Å²) in [7, 11) is -3.71. The van der Waals surface area contributed by atoms with Gasteiger partial charge < -0.3 is 10.2 Å². The molecule has 2 N–H and O–H groups in total. The highest BCUT2D eigenvalue weighted by Crippen LogP contribution is 2.21. The molecule has 0 radical (unpaired) electrons. The third-order valence-electron chi connectivity index (χ3n) is 5.15. The fourth-order valence-electron chi connectivity index (χ4n) is 3.41. The van der Waals surface area contributed by atoms with Crippen LogP contribution in [0, 0.1) is 5.92 Å². The second kappa shape index (κ2) is 10.3. The zero-order chi connectivity index (χ0) is 22.3. The molecule has 31 heavy (non-hydrogen) atoms. The average Bonchev–Trinajstić information content (AvgIpc) is 2.81. The zero-order valence-electron chi connectivity index (χ0n) is 17.2. The first-order valence-electron chi connectivity index (χ1n) is 10.1. The van der Waals surface area contributed by atoms with Crippen LogP contribution < -0.4 is 10.0 Å². The summed E-state index contributed by atoms with van der Waals surface area (Å²) in [6, 6.07) is 9.69. The Morgan fingerprint density at radius 1 is 1.19 bits per heavy atom. The van der Waals surface area contributed by atoms with Gasteiger partial charge in [0.25, 0.3) is 5.91 Å². The Hall–Kier alpha value is -3.04. The van der Waals surface area contributed by atoms with E-state index in [2.05, 4.69) is 21.6 Å². The second-order valence-corrected chi connectivity index (χ2v) is 9.08. The van der Waals surface area contributed by atoms with Crippen molar-refractivity contribution in [1.29, 1.82) is 0 Å². The molecular formula is C22H26N4O4S. The molecule has 1 aliphatic heterocycles. The van der Waals surface area contributed by atoms with Crippen LogP contribution in [0.1, 0.15) is 28.8 Å². The SMILES string of the molecule is C=CCNS(=O)(=O)c1cccc(C(=O)N2CCC(C(=O)NCc3cccnc3)CC2)c1. The van der Waals surface area contributed by atoms with Crippen molar-refractivity contribution in [3.05, 3.63) is 72.6 Å². The van der Waals surface area contributed by atoms with Crippen LogP contribution >= 0.6 is 0 Å².